The summed E-state index contributed by atoms with van der Waals surface area (Å²) in [5, 5.41) is 4.50. The van der Waals surface area contributed by atoms with Crippen molar-refractivity contribution in [2.45, 2.75) is 64.5 Å². The second-order valence-corrected chi connectivity index (χ2v) is 8.85. The van der Waals surface area contributed by atoms with Gasteiger partial charge < -0.3 is 0 Å². The molecule has 3 rings (SSSR count). The summed E-state index contributed by atoms with van der Waals surface area (Å²) in [5.74, 6) is 1.28. The molecule has 0 amide bonds. The molecule has 1 aliphatic heterocycles. The number of aryl methyl sites for hydroxylation is 1. The molecular formula is C17H27NOS. The van der Waals surface area contributed by atoms with Crippen molar-refractivity contribution in [2.24, 2.45) is 11.8 Å². The van der Waals surface area contributed by atoms with E-state index >= 15 is 0 Å². The maximum absolute atomic E-state index is 6.14. The molecule has 0 radical (unpaired) electrons. The molecule has 20 heavy (non-hydrogen) atoms. The van der Waals surface area contributed by atoms with Crippen molar-refractivity contribution in [1.29, 1.82) is 0 Å². The number of nitrogens with zero attached hydrogens (tertiary/aromatic N) is 1. The van der Waals surface area contributed by atoms with Gasteiger partial charge in [-0.2, -0.15) is 5.06 Å². The van der Waals surface area contributed by atoms with Gasteiger partial charge in [0, 0.05) is 23.9 Å². The summed E-state index contributed by atoms with van der Waals surface area (Å²) >= 11 is 1.88. The molecular weight excluding hydrogens is 266 g/mol. The van der Waals surface area contributed by atoms with Crippen molar-refractivity contribution < 1.29 is 4.84 Å². The molecule has 0 unspecified atom stereocenters. The number of thiophene rings is 1. The molecule has 0 bridgehead atoms. The zero-order valence-corrected chi connectivity index (χ0v) is 14.4. The quantitative estimate of drug-likeness (QED) is 0.761. The van der Waals surface area contributed by atoms with E-state index in [1.54, 1.807) is 0 Å². The first-order valence-electron chi connectivity index (χ1n) is 7.70. The van der Waals surface area contributed by atoms with Gasteiger partial charge in [0.15, 0.2) is 0 Å². The highest BCUT2D eigenvalue weighted by atomic mass is 32.1. The average Bonchev–Trinajstić information content (AvgIpc) is 2.82. The summed E-state index contributed by atoms with van der Waals surface area (Å²) in [6.07, 6.45) is 2.49. The topological polar surface area (TPSA) is 12.5 Å². The van der Waals surface area contributed by atoms with Crippen molar-refractivity contribution in [2.75, 3.05) is 7.05 Å². The predicted octanol–water partition coefficient (Wildman–Crippen LogP) is 4.38. The summed E-state index contributed by atoms with van der Waals surface area (Å²) in [6.45, 7) is 11.6. The van der Waals surface area contributed by atoms with Crippen LogP contribution in [0.2, 0.25) is 0 Å². The minimum absolute atomic E-state index is 0.0412. The van der Waals surface area contributed by atoms with E-state index in [9.17, 15) is 0 Å². The standard InChI is InChI=1S/C17H27NOS/c1-11-8-17(5,13-7-12(2)20-10-13)9-14-15(11)18(6)19-16(14,3)4/h7,10-11,14-15H,8-9H2,1-6H3/t11-,14+,15+,17+/m0/s1. The van der Waals surface area contributed by atoms with Crippen LogP contribution in [0, 0.1) is 18.8 Å². The SMILES string of the molecule is Cc1cc([C@@]2(C)C[C@@H]3[C@@H]([C@@H](C)C2)N(C)OC3(C)C)cs1. The van der Waals surface area contributed by atoms with E-state index in [1.165, 1.54) is 23.3 Å². The van der Waals surface area contributed by atoms with Gasteiger partial charge in [0.25, 0.3) is 0 Å². The van der Waals surface area contributed by atoms with Crippen molar-refractivity contribution in [3.63, 3.8) is 0 Å². The molecule has 112 valence electrons. The van der Waals surface area contributed by atoms with Crippen molar-refractivity contribution in [3.8, 4) is 0 Å². The van der Waals surface area contributed by atoms with Gasteiger partial charge in [-0.05, 0) is 62.0 Å². The van der Waals surface area contributed by atoms with Crippen LogP contribution in [-0.2, 0) is 10.3 Å². The maximum atomic E-state index is 6.14. The van der Waals surface area contributed by atoms with Gasteiger partial charge >= 0.3 is 0 Å². The molecule has 2 heterocycles. The lowest BCUT2D eigenvalue weighted by molar-refractivity contribution is -0.182. The Kier molecular flexibility index (Phi) is 3.32. The van der Waals surface area contributed by atoms with Gasteiger partial charge in [-0.25, -0.2) is 0 Å². The van der Waals surface area contributed by atoms with E-state index in [4.69, 9.17) is 4.84 Å². The molecule has 1 aromatic heterocycles. The minimum atomic E-state index is -0.0412. The Morgan fingerprint density at radius 2 is 2.00 bits per heavy atom. The van der Waals surface area contributed by atoms with Crippen molar-refractivity contribution in [1.82, 2.24) is 5.06 Å². The molecule has 1 aliphatic carbocycles. The zero-order chi connectivity index (χ0) is 14.7. The van der Waals surface area contributed by atoms with Crippen LogP contribution in [0.5, 0.6) is 0 Å². The smallest absolute Gasteiger partial charge is 0.0887 e. The summed E-state index contributed by atoms with van der Waals surface area (Å²) in [7, 11) is 2.11. The summed E-state index contributed by atoms with van der Waals surface area (Å²) in [5.41, 5.74) is 1.80. The van der Waals surface area contributed by atoms with Gasteiger partial charge in [0.05, 0.1) is 5.60 Å². The third-order valence-electron chi connectivity index (χ3n) is 5.56. The Balaban J connectivity index is 1.95. The Labute approximate surface area is 127 Å². The molecule has 2 aliphatic rings. The Morgan fingerprint density at radius 3 is 2.60 bits per heavy atom. The second kappa shape index (κ2) is 4.56. The van der Waals surface area contributed by atoms with Gasteiger partial charge in [0.2, 0.25) is 0 Å². The highest BCUT2D eigenvalue weighted by molar-refractivity contribution is 7.10. The van der Waals surface area contributed by atoms with E-state index in [-0.39, 0.29) is 5.60 Å². The van der Waals surface area contributed by atoms with Crippen LogP contribution < -0.4 is 0 Å². The summed E-state index contributed by atoms with van der Waals surface area (Å²) in [4.78, 5) is 7.56. The number of hydrogen-bond donors (Lipinski definition) is 0. The fourth-order valence-corrected chi connectivity index (χ4v) is 5.54. The lowest BCUT2D eigenvalue weighted by atomic mass is 9.59. The fourth-order valence-electron chi connectivity index (χ4n) is 4.68. The molecule has 2 fully saturated rings. The molecule has 2 nitrogen and oxygen atoms in total. The molecule has 1 aromatic rings. The lowest BCUT2D eigenvalue weighted by Gasteiger charge is -2.46. The van der Waals surface area contributed by atoms with Gasteiger partial charge in [-0.15, -0.1) is 11.3 Å². The van der Waals surface area contributed by atoms with Crippen LogP contribution in [0.25, 0.3) is 0 Å². The third-order valence-corrected chi connectivity index (χ3v) is 6.42. The average molecular weight is 293 g/mol. The van der Waals surface area contributed by atoms with Crippen molar-refractivity contribution >= 4 is 11.3 Å². The highest BCUT2D eigenvalue weighted by Gasteiger charge is 2.55. The fraction of sp³-hybridized carbons (Fsp3) is 0.765. The van der Waals surface area contributed by atoms with Crippen LogP contribution in [0.3, 0.4) is 0 Å². The number of fused-ring (bicyclic) bond motifs is 1. The van der Waals surface area contributed by atoms with Gasteiger partial charge in [0.1, 0.15) is 0 Å². The first kappa shape index (κ1) is 14.6. The van der Waals surface area contributed by atoms with Gasteiger partial charge in [-0.1, -0.05) is 13.8 Å². The van der Waals surface area contributed by atoms with E-state index in [0.717, 1.165) is 0 Å². The van der Waals surface area contributed by atoms with Crippen LogP contribution in [0.4, 0.5) is 0 Å². The first-order valence-corrected chi connectivity index (χ1v) is 8.58. The van der Waals surface area contributed by atoms with Crippen LogP contribution in [0.1, 0.15) is 51.0 Å². The molecule has 1 saturated heterocycles. The van der Waals surface area contributed by atoms with Crippen molar-refractivity contribution in [3.05, 3.63) is 21.9 Å². The first-order chi connectivity index (χ1) is 9.23. The number of hydrogen-bond acceptors (Lipinski definition) is 3. The molecule has 1 saturated carbocycles. The molecule has 0 N–H and O–H groups in total. The largest absolute Gasteiger partial charge is 0.293 e. The maximum Gasteiger partial charge on any atom is 0.0887 e. The molecule has 0 spiro atoms. The number of hydroxylamine groups is 2. The van der Waals surface area contributed by atoms with E-state index < -0.39 is 0 Å². The van der Waals surface area contributed by atoms with Crippen LogP contribution in [0.15, 0.2) is 11.4 Å². The minimum Gasteiger partial charge on any atom is -0.293 e. The lowest BCUT2D eigenvalue weighted by Crippen LogP contribution is -2.48. The Bertz CT molecular complexity index is 509. The van der Waals surface area contributed by atoms with E-state index in [2.05, 4.69) is 58.2 Å². The highest BCUT2D eigenvalue weighted by Crippen LogP contribution is 2.53. The summed E-state index contributed by atoms with van der Waals surface area (Å²) < 4.78 is 0. The second-order valence-electron chi connectivity index (χ2n) is 7.73. The Morgan fingerprint density at radius 1 is 1.30 bits per heavy atom. The molecule has 3 heteroatoms. The zero-order valence-electron chi connectivity index (χ0n) is 13.6. The molecule has 0 aromatic carbocycles. The monoisotopic (exact) mass is 293 g/mol. The van der Waals surface area contributed by atoms with E-state index in [1.807, 2.05) is 11.3 Å². The normalized spacial score (nSPS) is 40.8. The van der Waals surface area contributed by atoms with Crippen LogP contribution in [-0.4, -0.2) is 23.8 Å². The number of rotatable bonds is 1. The predicted molar refractivity (Wildman–Crippen MR) is 85.0 cm³/mol. The van der Waals surface area contributed by atoms with Gasteiger partial charge in [-0.3, -0.25) is 4.84 Å². The third kappa shape index (κ3) is 2.15. The molecule has 4 atom stereocenters. The Hall–Kier alpha value is -0.380. The van der Waals surface area contributed by atoms with E-state index in [0.29, 0.717) is 23.3 Å². The summed E-state index contributed by atoms with van der Waals surface area (Å²) in [6, 6.07) is 2.96. The van der Waals surface area contributed by atoms with Crippen LogP contribution >= 0.6 is 11.3 Å².